The molecule has 3 heterocycles. The van der Waals surface area contributed by atoms with Crippen LogP contribution in [0.2, 0.25) is 0 Å². The molecule has 27 heavy (non-hydrogen) atoms. The lowest BCUT2D eigenvalue weighted by atomic mass is 10.1. The molecule has 0 unspecified atom stereocenters. The molecule has 0 bridgehead atoms. The Kier molecular flexibility index (Phi) is 4.31. The average Bonchev–Trinajstić information content (AvgIpc) is 3.12. The van der Waals surface area contributed by atoms with Crippen LogP contribution in [-0.2, 0) is 0 Å². The van der Waals surface area contributed by atoms with Gasteiger partial charge in [0.15, 0.2) is 4.96 Å². The predicted molar refractivity (Wildman–Crippen MR) is 105 cm³/mol. The molecule has 0 amide bonds. The number of benzene rings is 1. The molecule has 1 aromatic carbocycles. The third kappa shape index (κ3) is 3.38. The van der Waals surface area contributed by atoms with Crippen LogP contribution in [0.25, 0.3) is 28.4 Å². The molecule has 0 fully saturated rings. The Morgan fingerprint density at radius 1 is 1.15 bits per heavy atom. The molecule has 4 rings (SSSR count). The van der Waals surface area contributed by atoms with Gasteiger partial charge >= 0.3 is 0 Å². The number of thiazole rings is 1. The minimum atomic E-state index is -0.454. The lowest BCUT2D eigenvalue weighted by molar-refractivity contribution is -0.384. The molecular weight excluding hydrogens is 364 g/mol. The second kappa shape index (κ2) is 6.93. The Labute approximate surface area is 157 Å². The van der Waals surface area contributed by atoms with Crippen molar-refractivity contribution in [3.8, 4) is 11.3 Å². The van der Waals surface area contributed by atoms with Crippen LogP contribution in [0.5, 0.6) is 0 Å². The molecule has 0 N–H and O–H groups in total. The summed E-state index contributed by atoms with van der Waals surface area (Å²) in [5.41, 5.74) is 2.64. The van der Waals surface area contributed by atoms with Gasteiger partial charge < -0.3 is 0 Å². The van der Waals surface area contributed by atoms with E-state index in [2.05, 4.69) is 9.97 Å². The molecule has 7 nitrogen and oxygen atoms in total. The lowest BCUT2D eigenvalue weighted by Gasteiger charge is -2.02. The van der Waals surface area contributed by atoms with Crippen molar-refractivity contribution in [1.29, 1.82) is 0 Å². The summed E-state index contributed by atoms with van der Waals surface area (Å²) in [6.07, 6.45) is 7.03. The highest BCUT2D eigenvalue weighted by Gasteiger charge is 2.12. The monoisotopic (exact) mass is 376 g/mol. The fourth-order valence-corrected chi connectivity index (χ4v) is 3.54. The van der Waals surface area contributed by atoms with E-state index in [9.17, 15) is 14.9 Å². The van der Waals surface area contributed by atoms with E-state index >= 15 is 0 Å². The van der Waals surface area contributed by atoms with E-state index in [1.165, 1.54) is 33.9 Å². The van der Waals surface area contributed by atoms with Gasteiger partial charge in [0.1, 0.15) is 0 Å². The van der Waals surface area contributed by atoms with Crippen molar-refractivity contribution in [3.63, 3.8) is 0 Å². The van der Waals surface area contributed by atoms with Gasteiger partial charge in [-0.1, -0.05) is 12.1 Å². The molecule has 4 aromatic rings. The molecule has 0 saturated heterocycles. The number of hydrogen-bond acceptors (Lipinski definition) is 6. The standard InChI is InChI=1S/C19H12N4O3S/c24-18-10-15(6-3-13-2-1-9-20-11-13)21-19-22(18)17(12-27-19)14-4-7-16(8-5-14)23(25)26/h1-12H/b6-3+. The molecular formula is C19H12N4O3S. The lowest BCUT2D eigenvalue weighted by Crippen LogP contribution is -2.13. The van der Waals surface area contributed by atoms with Crippen LogP contribution in [0.3, 0.4) is 0 Å². The van der Waals surface area contributed by atoms with Crippen molar-refractivity contribution in [2.75, 3.05) is 0 Å². The third-order valence-electron chi connectivity index (χ3n) is 3.93. The summed E-state index contributed by atoms with van der Waals surface area (Å²) in [4.78, 5) is 32.1. The van der Waals surface area contributed by atoms with E-state index in [1.54, 1.807) is 30.6 Å². The highest BCUT2D eigenvalue weighted by atomic mass is 32.1. The molecule has 0 aliphatic heterocycles. The SMILES string of the molecule is O=c1cc(/C=C/c2cccnc2)nc2scc(-c3ccc([N+](=O)[O-])cc3)n12. The van der Waals surface area contributed by atoms with Gasteiger partial charge in [0, 0.05) is 41.5 Å². The number of rotatable bonds is 4. The van der Waals surface area contributed by atoms with E-state index in [1.807, 2.05) is 23.6 Å². The fourth-order valence-electron chi connectivity index (χ4n) is 2.63. The quantitative estimate of drug-likeness (QED) is 0.398. The smallest absolute Gasteiger partial charge is 0.269 e. The Balaban J connectivity index is 1.72. The summed E-state index contributed by atoms with van der Waals surface area (Å²) in [6.45, 7) is 0. The number of non-ortho nitro benzene ring substituents is 1. The van der Waals surface area contributed by atoms with Gasteiger partial charge in [0.05, 0.1) is 16.3 Å². The largest absolute Gasteiger partial charge is 0.269 e. The van der Waals surface area contributed by atoms with E-state index < -0.39 is 4.92 Å². The molecule has 0 saturated carbocycles. The first-order valence-corrected chi connectivity index (χ1v) is 8.84. The van der Waals surface area contributed by atoms with Crippen molar-refractivity contribution in [2.24, 2.45) is 0 Å². The molecule has 8 heteroatoms. The Morgan fingerprint density at radius 2 is 1.96 bits per heavy atom. The minimum Gasteiger partial charge on any atom is -0.269 e. The molecule has 0 spiro atoms. The minimum absolute atomic E-state index is 0.00609. The number of nitrogens with zero attached hydrogens (tertiary/aromatic N) is 4. The van der Waals surface area contributed by atoms with Crippen molar-refractivity contribution < 1.29 is 4.92 Å². The summed E-state index contributed by atoms with van der Waals surface area (Å²) >= 11 is 1.34. The van der Waals surface area contributed by atoms with E-state index in [0.717, 1.165) is 11.1 Å². The van der Waals surface area contributed by atoms with E-state index in [4.69, 9.17) is 0 Å². The van der Waals surface area contributed by atoms with Crippen LogP contribution in [0.4, 0.5) is 5.69 Å². The Morgan fingerprint density at radius 3 is 2.67 bits per heavy atom. The highest BCUT2D eigenvalue weighted by molar-refractivity contribution is 7.15. The molecule has 3 aromatic heterocycles. The molecule has 0 aliphatic carbocycles. The van der Waals surface area contributed by atoms with Crippen LogP contribution in [0, 0.1) is 10.1 Å². The first-order valence-electron chi connectivity index (χ1n) is 7.96. The summed E-state index contributed by atoms with van der Waals surface area (Å²) in [5.74, 6) is 0. The fraction of sp³-hybridized carbons (Fsp3) is 0. The number of fused-ring (bicyclic) bond motifs is 1. The second-order valence-electron chi connectivity index (χ2n) is 5.68. The van der Waals surface area contributed by atoms with Gasteiger partial charge in [0.25, 0.3) is 11.2 Å². The number of nitro benzene ring substituents is 1. The van der Waals surface area contributed by atoms with Gasteiger partial charge in [-0.05, 0) is 29.8 Å². The van der Waals surface area contributed by atoms with Gasteiger partial charge in [0.2, 0.25) is 0 Å². The van der Waals surface area contributed by atoms with Crippen molar-refractivity contribution in [2.45, 2.75) is 0 Å². The van der Waals surface area contributed by atoms with Crippen LogP contribution in [-0.4, -0.2) is 19.3 Å². The summed E-state index contributed by atoms with van der Waals surface area (Å²) in [6, 6.07) is 11.3. The summed E-state index contributed by atoms with van der Waals surface area (Å²) in [7, 11) is 0. The molecule has 0 aliphatic rings. The van der Waals surface area contributed by atoms with Crippen LogP contribution < -0.4 is 5.56 Å². The number of hydrogen-bond donors (Lipinski definition) is 0. The van der Waals surface area contributed by atoms with Crippen molar-refractivity contribution in [3.05, 3.63) is 92.0 Å². The van der Waals surface area contributed by atoms with Gasteiger partial charge in [-0.2, -0.15) is 0 Å². The average molecular weight is 376 g/mol. The number of nitro groups is 1. The maximum absolute atomic E-state index is 12.6. The summed E-state index contributed by atoms with van der Waals surface area (Å²) < 4.78 is 1.51. The number of pyridine rings is 1. The zero-order valence-electron chi connectivity index (χ0n) is 13.9. The third-order valence-corrected chi connectivity index (χ3v) is 4.76. The topological polar surface area (TPSA) is 90.4 Å². The van der Waals surface area contributed by atoms with Gasteiger partial charge in [-0.15, -0.1) is 11.3 Å². The number of aromatic nitrogens is 3. The van der Waals surface area contributed by atoms with Gasteiger partial charge in [-0.25, -0.2) is 4.98 Å². The zero-order valence-corrected chi connectivity index (χ0v) is 14.7. The molecule has 132 valence electrons. The molecule has 0 atom stereocenters. The maximum atomic E-state index is 12.6. The van der Waals surface area contributed by atoms with E-state index in [0.29, 0.717) is 16.3 Å². The van der Waals surface area contributed by atoms with Crippen LogP contribution in [0.1, 0.15) is 11.3 Å². The van der Waals surface area contributed by atoms with Crippen molar-refractivity contribution >= 4 is 34.1 Å². The maximum Gasteiger partial charge on any atom is 0.269 e. The first-order chi connectivity index (χ1) is 13.1. The van der Waals surface area contributed by atoms with Gasteiger partial charge in [-0.3, -0.25) is 24.3 Å². The Bertz CT molecular complexity index is 1210. The molecule has 0 radical (unpaired) electrons. The van der Waals surface area contributed by atoms with E-state index in [-0.39, 0.29) is 11.2 Å². The first kappa shape index (κ1) is 16.8. The normalized spacial score (nSPS) is 11.3. The van der Waals surface area contributed by atoms with Crippen LogP contribution in [0.15, 0.2) is 65.0 Å². The van der Waals surface area contributed by atoms with Crippen molar-refractivity contribution in [1.82, 2.24) is 14.4 Å². The highest BCUT2D eigenvalue weighted by Crippen LogP contribution is 2.26. The predicted octanol–water partition coefficient (Wildman–Crippen LogP) is 3.90. The second-order valence-corrected chi connectivity index (χ2v) is 6.52. The zero-order chi connectivity index (χ0) is 18.8. The summed E-state index contributed by atoms with van der Waals surface area (Å²) in [5, 5.41) is 12.6. The van der Waals surface area contributed by atoms with Crippen LogP contribution >= 0.6 is 11.3 Å². The Hall–Kier alpha value is -3.65.